The fourth-order valence-corrected chi connectivity index (χ4v) is 1.99. The van der Waals surface area contributed by atoms with Crippen LogP contribution in [-0.2, 0) is 14.3 Å². The average molecular weight is 245 g/mol. The Hall–Kier alpha value is -2.10. The van der Waals surface area contributed by atoms with Crippen LogP contribution in [0, 0.1) is 0 Å². The maximum absolute atomic E-state index is 11.3. The number of cyclic esters (lactones) is 1. The summed E-state index contributed by atoms with van der Waals surface area (Å²) in [6.07, 6.45) is 1.51. The monoisotopic (exact) mass is 245 g/mol. The molecule has 1 heterocycles. The molecule has 0 saturated heterocycles. The average Bonchev–Trinajstić information content (AvgIpc) is 2.52. The standard InChI is InChI=1S/C14H15NO3/c1-9(16)15-11-6-4-10(5-7-11)12-8-13(17)18-14(12,2)3/h4-8H,1-3H3,(H,15,16). The number of rotatable bonds is 2. The summed E-state index contributed by atoms with van der Waals surface area (Å²) in [5.41, 5.74) is 1.89. The molecule has 1 aromatic rings. The van der Waals surface area contributed by atoms with Crippen molar-refractivity contribution >= 4 is 23.1 Å². The van der Waals surface area contributed by atoms with Crippen molar-refractivity contribution in [3.05, 3.63) is 35.9 Å². The summed E-state index contributed by atoms with van der Waals surface area (Å²) in [6, 6.07) is 7.33. The van der Waals surface area contributed by atoms with E-state index in [9.17, 15) is 9.59 Å². The van der Waals surface area contributed by atoms with E-state index < -0.39 is 5.60 Å². The number of benzene rings is 1. The molecule has 0 unspecified atom stereocenters. The lowest BCUT2D eigenvalue weighted by atomic mass is 9.92. The van der Waals surface area contributed by atoms with Gasteiger partial charge in [-0.05, 0) is 31.5 Å². The summed E-state index contributed by atoms with van der Waals surface area (Å²) < 4.78 is 5.21. The van der Waals surface area contributed by atoms with E-state index in [1.54, 1.807) is 12.1 Å². The minimum atomic E-state index is -0.605. The number of hydrogen-bond acceptors (Lipinski definition) is 3. The number of esters is 1. The summed E-state index contributed by atoms with van der Waals surface area (Å²) in [5.74, 6) is -0.428. The second-order valence-electron chi connectivity index (χ2n) is 4.75. The molecule has 0 spiro atoms. The fraction of sp³-hybridized carbons (Fsp3) is 0.286. The van der Waals surface area contributed by atoms with Crippen LogP contribution in [0.5, 0.6) is 0 Å². The molecule has 4 nitrogen and oxygen atoms in total. The molecule has 0 bridgehead atoms. The second kappa shape index (κ2) is 4.29. The number of carbonyl (C=O) groups is 2. The van der Waals surface area contributed by atoms with Crippen LogP contribution in [0.1, 0.15) is 26.3 Å². The van der Waals surface area contributed by atoms with E-state index in [4.69, 9.17) is 4.74 Å². The van der Waals surface area contributed by atoms with Gasteiger partial charge < -0.3 is 10.1 Å². The zero-order valence-corrected chi connectivity index (χ0v) is 10.6. The summed E-state index contributed by atoms with van der Waals surface area (Å²) in [5, 5.41) is 2.70. The topological polar surface area (TPSA) is 55.4 Å². The van der Waals surface area contributed by atoms with E-state index in [0.29, 0.717) is 0 Å². The van der Waals surface area contributed by atoms with Crippen molar-refractivity contribution in [2.75, 3.05) is 5.32 Å². The third-order valence-corrected chi connectivity index (χ3v) is 2.78. The van der Waals surface area contributed by atoms with Gasteiger partial charge in [-0.1, -0.05) is 12.1 Å². The van der Waals surface area contributed by atoms with Crippen molar-refractivity contribution in [1.29, 1.82) is 0 Å². The van der Waals surface area contributed by atoms with Crippen LogP contribution in [0.25, 0.3) is 5.57 Å². The fourth-order valence-electron chi connectivity index (χ4n) is 1.99. The van der Waals surface area contributed by atoms with Crippen LogP contribution in [0.15, 0.2) is 30.3 Å². The van der Waals surface area contributed by atoms with Gasteiger partial charge in [-0.3, -0.25) is 4.79 Å². The van der Waals surface area contributed by atoms with Crippen LogP contribution >= 0.6 is 0 Å². The molecule has 18 heavy (non-hydrogen) atoms. The third-order valence-electron chi connectivity index (χ3n) is 2.78. The van der Waals surface area contributed by atoms with Crippen LogP contribution in [0.3, 0.4) is 0 Å². The van der Waals surface area contributed by atoms with Crippen LogP contribution in [0.4, 0.5) is 5.69 Å². The molecule has 1 aliphatic rings. The molecule has 0 saturated carbocycles. The zero-order chi connectivity index (χ0) is 13.3. The van der Waals surface area contributed by atoms with Crippen molar-refractivity contribution in [1.82, 2.24) is 0 Å². The van der Waals surface area contributed by atoms with Crippen molar-refractivity contribution in [3.8, 4) is 0 Å². The van der Waals surface area contributed by atoms with E-state index in [2.05, 4.69) is 5.32 Å². The molecular weight excluding hydrogens is 230 g/mol. The van der Waals surface area contributed by atoms with Gasteiger partial charge in [-0.2, -0.15) is 0 Å². The smallest absolute Gasteiger partial charge is 0.332 e. The largest absolute Gasteiger partial charge is 0.452 e. The predicted molar refractivity (Wildman–Crippen MR) is 68.9 cm³/mol. The Labute approximate surface area is 106 Å². The van der Waals surface area contributed by atoms with Gasteiger partial charge in [-0.15, -0.1) is 0 Å². The number of hydrogen-bond donors (Lipinski definition) is 1. The van der Waals surface area contributed by atoms with E-state index >= 15 is 0 Å². The van der Waals surface area contributed by atoms with E-state index in [1.165, 1.54) is 13.0 Å². The number of amides is 1. The Morgan fingerprint density at radius 3 is 2.28 bits per heavy atom. The molecule has 4 heteroatoms. The highest BCUT2D eigenvalue weighted by Gasteiger charge is 2.34. The van der Waals surface area contributed by atoms with Crippen molar-refractivity contribution < 1.29 is 14.3 Å². The van der Waals surface area contributed by atoms with Crippen molar-refractivity contribution in [2.24, 2.45) is 0 Å². The van der Waals surface area contributed by atoms with E-state index in [-0.39, 0.29) is 11.9 Å². The first-order chi connectivity index (χ1) is 8.38. The van der Waals surface area contributed by atoms with Crippen LogP contribution < -0.4 is 5.32 Å². The minimum absolute atomic E-state index is 0.110. The highest BCUT2D eigenvalue weighted by molar-refractivity contribution is 5.98. The first-order valence-corrected chi connectivity index (χ1v) is 5.72. The quantitative estimate of drug-likeness (QED) is 0.814. The lowest BCUT2D eigenvalue weighted by Crippen LogP contribution is -2.22. The van der Waals surface area contributed by atoms with Crippen molar-refractivity contribution in [2.45, 2.75) is 26.4 Å². The van der Waals surface area contributed by atoms with Crippen LogP contribution in [0.2, 0.25) is 0 Å². The van der Waals surface area contributed by atoms with Gasteiger partial charge in [0.1, 0.15) is 5.60 Å². The maximum Gasteiger partial charge on any atom is 0.332 e. The SMILES string of the molecule is CC(=O)Nc1ccc(C2=CC(=O)OC2(C)C)cc1. The number of ether oxygens (including phenoxy) is 1. The second-order valence-corrected chi connectivity index (χ2v) is 4.75. The summed E-state index contributed by atoms with van der Waals surface area (Å²) in [7, 11) is 0. The maximum atomic E-state index is 11.3. The summed E-state index contributed by atoms with van der Waals surface area (Å²) >= 11 is 0. The molecule has 1 N–H and O–H groups in total. The van der Waals surface area contributed by atoms with E-state index in [1.807, 2.05) is 26.0 Å². The Bertz CT molecular complexity index is 526. The summed E-state index contributed by atoms with van der Waals surface area (Å²) in [6.45, 7) is 5.17. The van der Waals surface area contributed by atoms with Gasteiger partial charge in [0.15, 0.2) is 0 Å². The molecule has 1 amide bonds. The molecule has 0 atom stereocenters. The summed E-state index contributed by atoms with van der Waals surface area (Å²) in [4.78, 5) is 22.2. The Morgan fingerprint density at radius 2 is 1.83 bits per heavy atom. The highest BCUT2D eigenvalue weighted by Crippen LogP contribution is 2.35. The lowest BCUT2D eigenvalue weighted by molar-refractivity contribution is -0.142. The van der Waals surface area contributed by atoms with Gasteiger partial charge in [-0.25, -0.2) is 4.79 Å². The van der Waals surface area contributed by atoms with Gasteiger partial charge in [0.2, 0.25) is 5.91 Å². The Morgan fingerprint density at radius 1 is 1.22 bits per heavy atom. The zero-order valence-electron chi connectivity index (χ0n) is 10.6. The molecule has 94 valence electrons. The first-order valence-electron chi connectivity index (χ1n) is 5.72. The normalized spacial score (nSPS) is 17.1. The van der Waals surface area contributed by atoms with E-state index in [0.717, 1.165) is 16.8 Å². The molecule has 1 aliphatic heterocycles. The van der Waals surface area contributed by atoms with Gasteiger partial charge in [0, 0.05) is 24.3 Å². The predicted octanol–water partition coefficient (Wildman–Crippen LogP) is 2.36. The molecule has 0 fully saturated rings. The molecule has 0 radical (unpaired) electrons. The van der Waals surface area contributed by atoms with Gasteiger partial charge in [0.25, 0.3) is 0 Å². The number of anilines is 1. The number of nitrogens with one attached hydrogen (secondary N) is 1. The molecule has 0 aliphatic carbocycles. The lowest BCUT2D eigenvalue weighted by Gasteiger charge is -2.21. The molecule has 1 aromatic carbocycles. The van der Waals surface area contributed by atoms with Gasteiger partial charge in [0.05, 0.1) is 0 Å². The molecule has 2 rings (SSSR count). The molecular formula is C14H15NO3. The highest BCUT2D eigenvalue weighted by atomic mass is 16.6. The van der Waals surface area contributed by atoms with Crippen molar-refractivity contribution in [3.63, 3.8) is 0 Å². The minimum Gasteiger partial charge on any atom is -0.452 e. The van der Waals surface area contributed by atoms with Gasteiger partial charge >= 0.3 is 5.97 Å². The number of carbonyl (C=O) groups excluding carboxylic acids is 2. The third kappa shape index (κ3) is 2.42. The molecule has 0 aromatic heterocycles. The Balaban J connectivity index is 2.27. The van der Waals surface area contributed by atoms with Crippen LogP contribution in [-0.4, -0.2) is 17.5 Å². The Kier molecular flexibility index (Phi) is 2.95. The first kappa shape index (κ1) is 12.4.